The molecule has 0 radical (unpaired) electrons. The van der Waals surface area contributed by atoms with Gasteiger partial charge < -0.3 is 10.4 Å². The quantitative estimate of drug-likeness (QED) is 0.862. The Balaban J connectivity index is 2.44. The number of aryl methyl sites for hydroxylation is 1. The molecule has 3 nitrogen and oxygen atoms in total. The van der Waals surface area contributed by atoms with Crippen LogP contribution in [0.5, 0.6) is 0 Å². The molecule has 0 fully saturated rings. The van der Waals surface area contributed by atoms with Gasteiger partial charge in [0.05, 0.1) is 5.92 Å². The normalized spacial score (nSPS) is 23.9. The zero-order valence-corrected chi connectivity index (χ0v) is 11.2. The van der Waals surface area contributed by atoms with Gasteiger partial charge in [0.2, 0.25) is 0 Å². The van der Waals surface area contributed by atoms with Crippen molar-refractivity contribution in [2.75, 3.05) is 11.9 Å². The zero-order chi connectivity index (χ0) is 13.3. The highest BCUT2D eigenvalue weighted by Gasteiger charge is 2.37. The van der Waals surface area contributed by atoms with Crippen molar-refractivity contribution in [3.05, 3.63) is 29.3 Å². The third kappa shape index (κ3) is 2.22. The van der Waals surface area contributed by atoms with Gasteiger partial charge in [0.1, 0.15) is 0 Å². The highest BCUT2D eigenvalue weighted by atomic mass is 16.4. The predicted molar refractivity (Wildman–Crippen MR) is 73.0 cm³/mol. The van der Waals surface area contributed by atoms with Gasteiger partial charge in [-0.05, 0) is 30.4 Å². The Kier molecular flexibility index (Phi) is 3.60. The first-order valence-electron chi connectivity index (χ1n) is 6.61. The van der Waals surface area contributed by atoms with E-state index in [1.54, 1.807) is 0 Å². The van der Waals surface area contributed by atoms with Crippen LogP contribution in [-0.2, 0) is 4.79 Å². The molecule has 1 aliphatic rings. The lowest BCUT2D eigenvalue weighted by molar-refractivity contribution is -0.140. The van der Waals surface area contributed by atoms with E-state index in [-0.39, 0.29) is 11.8 Å². The maximum absolute atomic E-state index is 11.6. The summed E-state index contributed by atoms with van der Waals surface area (Å²) in [6, 6.07) is 6.03. The maximum Gasteiger partial charge on any atom is 0.311 e. The van der Waals surface area contributed by atoms with Crippen LogP contribution in [0.2, 0.25) is 0 Å². The Morgan fingerprint density at radius 3 is 2.89 bits per heavy atom. The van der Waals surface area contributed by atoms with E-state index in [2.05, 4.69) is 19.2 Å². The molecule has 0 amide bonds. The van der Waals surface area contributed by atoms with Crippen LogP contribution in [0.3, 0.4) is 0 Å². The molecule has 0 saturated heterocycles. The Morgan fingerprint density at radius 1 is 1.56 bits per heavy atom. The Hall–Kier alpha value is -1.51. The van der Waals surface area contributed by atoms with Crippen LogP contribution in [0.4, 0.5) is 5.69 Å². The first-order chi connectivity index (χ1) is 8.54. The first kappa shape index (κ1) is 12.9. The number of rotatable bonds is 3. The molecule has 0 aliphatic carbocycles. The fourth-order valence-corrected chi connectivity index (χ4v) is 2.83. The molecule has 1 heterocycles. The number of anilines is 1. The number of hydrogen-bond acceptors (Lipinski definition) is 2. The zero-order valence-electron chi connectivity index (χ0n) is 11.2. The molecule has 0 saturated carbocycles. The molecule has 0 spiro atoms. The van der Waals surface area contributed by atoms with Gasteiger partial charge in [0.15, 0.2) is 0 Å². The lowest BCUT2D eigenvalue weighted by Gasteiger charge is -2.35. The van der Waals surface area contributed by atoms with Crippen molar-refractivity contribution in [1.29, 1.82) is 0 Å². The van der Waals surface area contributed by atoms with Crippen molar-refractivity contribution in [2.45, 2.75) is 33.1 Å². The van der Waals surface area contributed by atoms with Crippen molar-refractivity contribution in [1.82, 2.24) is 0 Å². The van der Waals surface area contributed by atoms with Gasteiger partial charge in [-0.15, -0.1) is 0 Å². The molecule has 2 N–H and O–H groups in total. The fraction of sp³-hybridized carbons (Fsp3) is 0.533. The summed E-state index contributed by atoms with van der Waals surface area (Å²) in [6.45, 7) is 7.02. The first-order valence-corrected chi connectivity index (χ1v) is 6.61. The number of nitrogens with one attached hydrogen (secondary N) is 1. The molecule has 0 bridgehead atoms. The molecule has 1 aromatic carbocycles. The average Bonchev–Trinajstić information content (AvgIpc) is 2.35. The van der Waals surface area contributed by atoms with Crippen molar-refractivity contribution >= 4 is 11.7 Å². The molecule has 2 rings (SSSR count). The van der Waals surface area contributed by atoms with Crippen molar-refractivity contribution in [3.63, 3.8) is 0 Å². The molecule has 1 aromatic rings. The maximum atomic E-state index is 11.6. The monoisotopic (exact) mass is 247 g/mol. The van der Waals surface area contributed by atoms with Gasteiger partial charge in [-0.3, -0.25) is 4.79 Å². The summed E-state index contributed by atoms with van der Waals surface area (Å²) in [5.41, 5.74) is 3.04. The van der Waals surface area contributed by atoms with E-state index in [9.17, 15) is 9.90 Å². The Morgan fingerprint density at radius 2 is 2.28 bits per heavy atom. The third-order valence-electron chi connectivity index (χ3n) is 4.14. The molecule has 18 heavy (non-hydrogen) atoms. The van der Waals surface area contributed by atoms with Crippen molar-refractivity contribution < 1.29 is 9.90 Å². The second-order valence-corrected chi connectivity index (χ2v) is 5.34. The van der Waals surface area contributed by atoms with Gasteiger partial charge >= 0.3 is 5.97 Å². The van der Waals surface area contributed by atoms with Gasteiger partial charge in [0.25, 0.3) is 0 Å². The van der Waals surface area contributed by atoms with E-state index in [1.807, 2.05) is 25.1 Å². The topological polar surface area (TPSA) is 49.3 Å². The Bertz CT molecular complexity index is 456. The molecule has 98 valence electrons. The molecule has 3 atom stereocenters. The number of carbonyl (C=O) groups is 1. The van der Waals surface area contributed by atoms with Gasteiger partial charge in [-0.25, -0.2) is 0 Å². The molecule has 3 heteroatoms. The molecule has 3 unspecified atom stereocenters. The van der Waals surface area contributed by atoms with Crippen molar-refractivity contribution in [3.8, 4) is 0 Å². The number of benzene rings is 1. The highest BCUT2D eigenvalue weighted by molar-refractivity contribution is 5.80. The second kappa shape index (κ2) is 5.01. The number of hydrogen-bond donors (Lipinski definition) is 2. The van der Waals surface area contributed by atoms with Crippen LogP contribution in [0.1, 0.15) is 37.3 Å². The van der Waals surface area contributed by atoms with E-state index >= 15 is 0 Å². The number of aliphatic carboxylic acids is 1. The van der Waals surface area contributed by atoms with Gasteiger partial charge in [0, 0.05) is 12.2 Å². The van der Waals surface area contributed by atoms with E-state index in [0.717, 1.165) is 29.8 Å². The van der Waals surface area contributed by atoms with Gasteiger partial charge in [-0.2, -0.15) is 0 Å². The van der Waals surface area contributed by atoms with Crippen LogP contribution in [0, 0.1) is 18.8 Å². The largest absolute Gasteiger partial charge is 0.481 e. The molecule has 1 aliphatic heterocycles. The molecule has 0 aromatic heterocycles. The fourth-order valence-electron chi connectivity index (χ4n) is 2.83. The minimum atomic E-state index is -0.700. The standard InChI is InChI=1S/C15H21NO2/c1-4-10(3)12-8-16-13-6-5-9(2)7-11(13)14(12)15(17)18/h5-7,10,12,14,16H,4,8H2,1-3H3,(H,17,18). The predicted octanol–water partition coefficient (Wildman–Crippen LogP) is 3.25. The van der Waals surface area contributed by atoms with Crippen LogP contribution in [-0.4, -0.2) is 17.6 Å². The number of carboxylic acids is 1. The number of fused-ring (bicyclic) bond motifs is 1. The number of carboxylic acid groups (broad SMARTS) is 1. The van der Waals surface area contributed by atoms with E-state index < -0.39 is 5.97 Å². The smallest absolute Gasteiger partial charge is 0.311 e. The molecular formula is C15H21NO2. The molecular weight excluding hydrogens is 226 g/mol. The van der Waals surface area contributed by atoms with Gasteiger partial charge in [-0.1, -0.05) is 38.0 Å². The summed E-state index contributed by atoms with van der Waals surface area (Å²) in [5, 5.41) is 12.9. The van der Waals surface area contributed by atoms with E-state index in [4.69, 9.17) is 0 Å². The SMILES string of the molecule is CCC(C)C1CNc2ccc(C)cc2C1C(=O)O. The summed E-state index contributed by atoms with van der Waals surface area (Å²) in [5.74, 6) is -0.501. The van der Waals surface area contributed by atoms with Crippen LogP contribution in [0.25, 0.3) is 0 Å². The van der Waals surface area contributed by atoms with E-state index in [0.29, 0.717) is 5.92 Å². The minimum Gasteiger partial charge on any atom is -0.481 e. The summed E-state index contributed by atoms with van der Waals surface area (Å²) in [6.07, 6.45) is 1.01. The summed E-state index contributed by atoms with van der Waals surface area (Å²) in [7, 11) is 0. The Labute approximate surface area is 108 Å². The lowest BCUT2D eigenvalue weighted by atomic mass is 9.74. The van der Waals surface area contributed by atoms with Crippen LogP contribution >= 0.6 is 0 Å². The summed E-state index contributed by atoms with van der Waals surface area (Å²) >= 11 is 0. The summed E-state index contributed by atoms with van der Waals surface area (Å²) in [4.78, 5) is 11.6. The third-order valence-corrected chi connectivity index (χ3v) is 4.14. The van der Waals surface area contributed by atoms with Crippen LogP contribution in [0.15, 0.2) is 18.2 Å². The van der Waals surface area contributed by atoms with E-state index in [1.165, 1.54) is 0 Å². The minimum absolute atomic E-state index is 0.168. The lowest BCUT2D eigenvalue weighted by Crippen LogP contribution is -2.36. The average molecular weight is 247 g/mol. The second-order valence-electron chi connectivity index (χ2n) is 5.34. The highest BCUT2D eigenvalue weighted by Crippen LogP contribution is 2.40. The van der Waals surface area contributed by atoms with Crippen LogP contribution < -0.4 is 5.32 Å². The van der Waals surface area contributed by atoms with Crippen molar-refractivity contribution in [2.24, 2.45) is 11.8 Å². The summed E-state index contributed by atoms with van der Waals surface area (Å²) < 4.78 is 0.